The summed E-state index contributed by atoms with van der Waals surface area (Å²) in [6.07, 6.45) is 0. The summed E-state index contributed by atoms with van der Waals surface area (Å²) in [4.78, 5) is 11.6. The molecule has 0 fully saturated rings. The Kier molecular flexibility index (Phi) is 3.53. The topological polar surface area (TPSA) is 64.3 Å². The highest BCUT2D eigenvalue weighted by atomic mass is 35.5. The van der Waals surface area contributed by atoms with Crippen LogP contribution >= 0.6 is 11.6 Å². The number of nitrogens with zero attached hydrogens (tertiary/aromatic N) is 2. The predicted molar refractivity (Wildman–Crippen MR) is 67.3 cm³/mol. The lowest BCUT2D eigenvalue weighted by Gasteiger charge is -2.06. The molecule has 0 aliphatic carbocycles. The SMILES string of the molecule is COc1ccc(Cn2nc(Cl)cc(O)c2=O)cc1. The van der Waals surface area contributed by atoms with Gasteiger partial charge in [0.05, 0.1) is 13.7 Å². The summed E-state index contributed by atoms with van der Waals surface area (Å²) in [5.74, 6) is 0.316. The van der Waals surface area contributed by atoms with Gasteiger partial charge in [0.25, 0.3) is 0 Å². The minimum absolute atomic E-state index is 0.0700. The molecule has 2 rings (SSSR count). The molecule has 0 saturated carbocycles. The van der Waals surface area contributed by atoms with Crippen molar-refractivity contribution >= 4 is 11.6 Å². The molecule has 6 heteroatoms. The molecule has 1 aromatic carbocycles. The second-order valence-corrected chi connectivity index (χ2v) is 4.05. The van der Waals surface area contributed by atoms with Crippen LogP contribution in [-0.2, 0) is 6.54 Å². The smallest absolute Gasteiger partial charge is 0.309 e. The van der Waals surface area contributed by atoms with Crippen LogP contribution in [0.4, 0.5) is 0 Å². The summed E-state index contributed by atoms with van der Waals surface area (Å²) in [5, 5.41) is 13.3. The highest BCUT2D eigenvalue weighted by molar-refractivity contribution is 6.29. The van der Waals surface area contributed by atoms with Crippen LogP contribution in [0.5, 0.6) is 11.5 Å². The third kappa shape index (κ3) is 2.62. The Bertz CT molecular complexity index is 608. The average molecular weight is 267 g/mol. The molecule has 0 atom stereocenters. The molecule has 18 heavy (non-hydrogen) atoms. The Balaban J connectivity index is 2.31. The lowest BCUT2D eigenvalue weighted by Crippen LogP contribution is -2.22. The van der Waals surface area contributed by atoms with Gasteiger partial charge in [-0.05, 0) is 17.7 Å². The molecule has 94 valence electrons. The molecule has 0 aliphatic rings. The Morgan fingerprint density at radius 1 is 1.39 bits per heavy atom. The molecule has 1 heterocycles. The van der Waals surface area contributed by atoms with Gasteiger partial charge in [0.2, 0.25) is 0 Å². The first kappa shape index (κ1) is 12.4. The maximum absolute atomic E-state index is 11.6. The third-order valence-electron chi connectivity index (χ3n) is 2.42. The van der Waals surface area contributed by atoms with Crippen molar-refractivity contribution in [2.24, 2.45) is 0 Å². The Morgan fingerprint density at radius 3 is 2.67 bits per heavy atom. The summed E-state index contributed by atoms with van der Waals surface area (Å²) in [7, 11) is 1.58. The number of hydrogen-bond acceptors (Lipinski definition) is 4. The van der Waals surface area contributed by atoms with Gasteiger partial charge in [-0.1, -0.05) is 23.7 Å². The fourth-order valence-corrected chi connectivity index (χ4v) is 1.70. The van der Waals surface area contributed by atoms with Crippen molar-refractivity contribution in [3.63, 3.8) is 0 Å². The van der Waals surface area contributed by atoms with E-state index in [1.165, 1.54) is 0 Å². The van der Waals surface area contributed by atoms with Gasteiger partial charge < -0.3 is 9.84 Å². The molecule has 1 N–H and O–H groups in total. The van der Waals surface area contributed by atoms with Crippen LogP contribution in [0.3, 0.4) is 0 Å². The van der Waals surface area contributed by atoms with E-state index in [1.807, 2.05) is 12.1 Å². The predicted octanol–water partition coefficient (Wildman–Crippen LogP) is 1.66. The second kappa shape index (κ2) is 5.10. The molecular weight excluding hydrogens is 256 g/mol. The largest absolute Gasteiger partial charge is 0.503 e. The van der Waals surface area contributed by atoms with Crippen LogP contribution in [0, 0.1) is 0 Å². The molecule has 5 nitrogen and oxygen atoms in total. The fraction of sp³-hybridized carbons (Fsp3) is 0.167. The van der Waals surface area contributed by atoms with Gasteiger partial charge in [0.1, 0.15) is 5.75 Å². The van der Waals surface area contributed by atoms with Crippen molar-refractivity contribution in [3.05, 3.63) is 51.4 Å². The number of halogens is 1. The standard InChI is InChI=1S/C12H11ClN2O3/c1-18-9-4-2-8(3-5-9)7-15-12(17)10(16)6-11(13)14-15/h2-6,16H,7H2,1H3. The van der Waals surface area contributed by atoms with Crippen molar-refractivity contribution in [2.45, 2.75) is 6.54 Å². The number of rotatable bonds is 3. The van der Waals surface area contributed by atoms with Crippen molar-refractivity contribution < 1.29 is 9.84 Å². The van der Waals surface area contributed by atoms with E-state index in [4.69, 9.17) is 16.3 Å². The first-order valence-electron chi connectivity index (χ1n) is 5.19. The number of hydrogen-bond donors (Lipinski definition) is 1. The number of benzene rings is 1. The molecule has 0 aliphatic heterocycles. The Hall–Kier alpha value is -2.01. The lowest BCUT2D eigenvalue weighted by molar-refractivity contribution is 0.414. The number of aromatic hydroxyl groups is 1. The highest BCUT2D eigenvalue weighted by Gasteiger charge is 2.06. The molecule has 0 bridgehead atoms. The van der Waals surface area contributed by atoms with E-state index >= 15 is 0 Å². The van der Waals surface area contributed by atoms with Gasteiger partial charge in [-0.2, -0.15) is 5.10 Å². The molecule has 0 unspecified atom stereocenters. The first-order valence-corrected chi connectivity index (χ1v) is 5.57. The van der Waals surface area contributed by atoms with Gasteiger partial charge in [-0.25, -0.2) is 4.68 Å². The minimum Gasteiger partial charge on any atom is -0.503 e. The maximum atomic E-state index is 11.6. The third-order valence-corrected chi connectivity index (χ3v) is 2.60. The van der Waals surface area contributed by atoms with Crippen LogP contribution in [0.2, 0.25) is 5.15 Å². The second-order valence-electron chi connectivity index (χ2n) is 3.66. The Labute approximate surface area is 108 Å². The molecule has 0 spiro atoms. The normalized spacial score (nSPS) is 10.3. The molecule has 0 amide bonds. The summed E-state index contributed by atoms with van der Waals surface area (Å²) < 4.78 is 6.15. The van der Waals surface area contributed by atoms with Crippen LogP contribution in [0.15, 0.2) is 35.1 Å². The average Bonchev–Trinajstić information content (AvgIpc) is 2.36. The van der Waals surface area contributed by atoms with Gasteiger partial charge in [-0.15, -0.1) is 0 Å². The first-order chi connectivity index (χ1) is 8.60. The summed E-state index contributed by atoms with van der Waals surface area (Å²) in [5.41, 5.74) is 0.280. The van der Waals surface area contributed by atoms with E-state index in [0.717, 1.165) is 22.1 Å². The Morgan fingerprint density at radius 2 is 2.06 bits per heavy atom. The summed E-state index contributed by atoms with van der Waals surface area (Å²) in [6.45, 7) is 0.233. The van der Waals surface area contributed by atoms with Crippen molar-refractivity contribution in [2.75, 3.05) is 7.11 Å². The fourth-order valence-electron chi connectivity index (χ4n) is 1.51. The van der Waals surface area contributed by atoms with E-state index in [1.54, 1.807) is 19.2 Å². The van der Waals surface area contributed by atoms with E-state index in [-0.39, 0.29) is 11.7 Å². The molecule has 0 saturated heterocycles. The molecular formula is C12H11ClN2O3. The minimum atomic E-state index is -0.574. The zero-order valence-corrected chi connectivity index (χ0v) is 10.4. The van der Waals surface area contributed by atoms with E-state index in [0.29, 0.717) is 0 Å². The van der Waals surface area contributed by atoms with Gasteiger partial charge in [0, 0.05) is 6.07 Å². The number of methoxy groups -OCH3 is 1. The van der Waals surface area contributed by atoms with Crippen molar-refractivity contribution in [1.82, 2.24) is 9.78 Å². The van der Waals surface area contributed by atoms with E-state index < -0.39 is 11.3 Å². The van der Waals surface area contributed by atoms with Crippen molar-refractivity contribution in [3.8, 4) is 11.5 Å². The van der Waals surface area contributed by atoms with Gasteiger partial charge >= 0.3 is 5.56 Å². The van der Waals surface area contributed by atoms with Crippen LogP contribution in [0.25, 0.3) is 0 Å². The quantitative estimate of drug-likeness (QED) is 0.918. The number of aromatic nitrogens is 2. The summed E-state index contributed by atoms with van der Waals surface area (Å²) in [6, 6.07) is 8.31. The van der Waals surface area contributed by atoms with Gasteiger partial charge in [0.15, 0.2) is 10.9 Å². The van der Waals surface area contributed by atoms with Gasteiger partial charge in [-0.3, -0.25) is 4.79 Å². The van der Waals surface area contributed by atoms with Crippen LogP contribution < -0.4 is 10.3 Å². The lowest BCUT2D eigenvalue weighted by atomic mass is 10.2. The van der Waals surface area contributed by atoms with Crippen LogP contribution in [-0.4, -0.2) is 22.0 Å². The monoisotopic (exact) mass is 266 g/mol. The molecule has 0 radical (unpaired) electrons. The highest BCUT2D eigenvalue weighted by Crippen LogP contribution is 2.13. The van der Waals surface area contributed by atoms with Crippen molar-refractivity contribution in [1.29, 1.82) is 0 Å². The maximum Gasteiger partial charge on any atom is 0.309 e. The zero-order chi connectivity index (χ0) is 13.1. The number of ether oxygens (including phenoxy) is 1. The summed E-state index contributed by atoms with van der Waals surface area (Å²) >= 11 is 5.69. The zero-order valence-electron chi connectivity index (χ0n) is 9.63. The van der Waals surface area contributed by atoms with E-state index in [9.17, 15) is 9.90 Å². The molecule has 1 aromatic heterocycles. The molecule has 2 aromatic rings. The van der Waals surface area contributed by atoms with E-state index in [2.05, 4.69) is 5.10 Å². The van der Waals surface area contributed by atoms with Crippen LogP contribution in [0.1, 0.15) is 5.56 Å².